The highest BCUT2D eigenvalue weighted by atomic mass is 19.1. The minimum Gasteiger partial charge on any atom is -0.507 e. The summed E-state index contributed by atoms with van der Waals surface area (Å²) in [6.45, 7) is 2.67. The quantitative estimate of drug-likeness (QED) is 0.196. The SMILES string of the molecule is CCCCOc1ccc([C@H]2C(=C(O)c3ccc(OC)c(F)c3)C(=O)C(=O)N2Cc2ccco2)cc1. The molecule has 1 aromatic heterocycles. The van der Waals surface area contributed by atoms with Gasteiger partial charge in [0.25, 0.3) is 11.7 Å². The number of benzene rings is 2. The fraction of sp³-hybridized carbons (Fsp3) is 0.259. The van der Waals surface area contributed by atoms with Gasteiger partial charge in [-0.3, -0.25) is 9.59 Å². The number of aliphatic hydroxyl groups is 1. The molecule has 0 unspecified atom stereocenters. The number of halogens is 1. The van der Waals surface area contributed by atoms with Crippen molar-refractivity contribution >= 4 is 17.4 Å². The Morgan fingerprint density at radius 2 is 1.91 bits per heavy atom. The van der Waals surface area contributed by atoms with Gasteiger partial charge in [-0.05, 0) is 54.4 Å². The Hall–Kier alpha value is -4.07. The lowest BCUT2D eigenvalue weighted by molar-refractivity contribution is -0.140. The summed E-state index contributed by atoms with van der Waals surface area (Å²) in [4.78, 5) is 27.5. The maximum absolute atomic E-state index is 14.3. The smallest absolute Gasteiger partial charge is 0.296 e. The normalized spacial score (nSPS) is 17.1. The van der Waals surface area contributed by atoms with Crippen LogP contribution >= 0.6 is 0 Å². The van der Waals surface area contributed by atoms with Gasteiger partial charge in [-0.2, -0.15) is 0 Å². The first-order valence-corrected chi connectivity index (χ1v) is 11.3. The fourth-order valence-electron chi connectivity index (χ4n) is 4.01. The molecule has 1 N–H and O–H groups in total. The number of likely N-dealkylation sites (tertiary alicyclic amines) is 1. The van der Waals surface area contributed by atoms with Crippen molar-refractivity contribution in [3.8, 4) is 11.5 Å². The molecule has 182 valence electrons. The summed E-state index contributed by atoms with van der Waals surface area (Å²) in [6, 6.07) is 13.3. The van der Waals surface area contributed by atoms with Crippen molar-refractivity contribution < 1.29 is 33.0 Å². The van der Waals surface area contributed by atoms with E-state index in [1.165, 1.54) is 30.4 Å². The highest BCUT2D eigenvalue weighted by Gasteiger charge is 2.46. The molecule has 3 aromatic rings. The van der Waals surface area contributed by atoms with Gasteiger partial charge in [0, 0.05) is 5.56 Å². The van der Waals surface area contributed by atoms with Gasteiger partial charge in [0.2, 0.25) is 0 Å². The summed E-state index contributed by atoms with van der Waals surface area (Å²) in [7, 11) is 1.33. The average molecular weight is 480 g/mol. The lowest BCUT2D eigenvalue weighted by Gasteiger charge is -2.24. The Balaban J connectivity index is 1.77. The summed E-state index contributed by atoms with van der Waals surface area (Å²) in [5, 5.41) is 11.1. The first-order chi connectivity index (χ1) is 16.9. The number of ketones is 1. The van der Waals surface area contributed by atoms with Gasteiger partial charge in [0.05, 0.1) is 38.1 Å². The Labute approximate surface area is 202 Å². The molecule has 0 spiro atoms. The third-order valence-electron chi connectivity index (χ3n) is 5.83. The molecule has 35 heavy (non-hydrogen) atoms. The predicted molar refractivity (Wildman–Crippen MR) is 126 cm³/mol. The number of methoxy groups -OCH3 is 1. The van der Waals surface area contributed by atoms with Crippen LogP contribution in [0.2, 0.25) is 0 Å². The van der Waals surface area contributed by atoms with E-state index in [-0.39, 0.29) is 23.4 Å². The van der Waals surface area contributed by atoms with Gasteiger partial charge in [0.15, 0.2) is 11.6 Å². The van der Waals surface area contributed by atoms with Crippen molar-refractivity contribution in [3.05, 3.63) is 89.1 Å². The van der Waals surface area contributed by atoms with Crippen LogP contribution in [0, 0.1) is 5.82 Å². The standard InChI is InChI=1S/C27H26FNO6/c1-3-4-13-34-19-10-7-17(8-11-19)24-23(25(30)18-9-12-22(33-2)21(28)15-18)26(31)27(32)29(24)16-20-6-5-14-35-20/h5-12,14-15,24,30H,3-4,13,16H2,1-2H3/t24-/m0/s1. The van der Waals surface area contributed by atoms with E-state index in [9.17, 15) is 19.1 Å². The third kappa shape index (κ3) is 4.91. The third-order valence-corrected chi connectivity index (χ3v) is 5.83. The number of amides is 1. The molecule has 1 fully saturated rings. The maximum atomic E-state index is 14.3. The lowest BCUT2D eigenvalue weighted by atomic mass is 9.95. The molecule has 4 rings (SSSR count). The number of aliphatic hydroxyl groups excluding tert-OH is 1. The molecule has 0 bridgehead atoms. The highest BCUT2D eigenvalue weighted by Crippen LogP contribution is 2.41. The van der Waals surface area contributed by atoms with Crippen LogP contribution in [0.25, 0.3) is 5.76 Å². The number of unbranched alkanes of at least 4 members (excludes halogenated alkanes) is 1. The number of rotatable bonds is 9. The Bertz CT molecular complexity index is 1230. The van der Waals surface area contributed by atoms with Crippen molar-refractivity contribution in [1.29, 1.82) is 0 Å². The summed E-state index contributed by atoms with van der Waals surface area (Å²) in [5.74, 6) is -1.69. The second kappa shape index (κ2) is 10.5. The Morgan fingerprint density at radius 1 is 1.14 bits per heavy atom. The first kappa shape index (κ1) is 24.1. The van der Waals surface area contributed by atoms with E-state index in [2.05, 4.69) is 6.92 Å². The van der Waals surface area contributed by atoms with Crippen molar-refractivity contribution in [2.24, 2.45) is 0 Å². The first-order valence-electron chi connectivity index (χ1n) is 11.3. The van der Waals surface area contributed by atoms with Gasteiger partial charge in [-0.1, -0.05) is 25.5 Å². The van der Waals surface area contributed by atoms with Crippen LogP contribution in [0.3, 0.4) is 0 Å². The van der Waals surface area contributed by atoms with Crippen LogP contribution in [0.15, 0.2) is 70.9 Å². The zero-order chi connectivity index (χ0) is 24.9. The van der Waals surface area contributed by atoms with E-state index in [1.54, 1.807) is 36.4 Å². The number of ether oxygens (including phenoxy) is 2. The van der Waals surface area contributed by atoms with Crippen molar-refractivity contribution in [1.82, 2.24) is 4.90 Å². The number of carbonyl (C=O) groups excluding carboxylic acids is 2. The highest BCUT2D eigenvalue weighted by molar-refractivity contribution is 6.46. The number of hydrogen-bond acceptors (Lipinski definition) is 6. The fourth-order valence-corrected chi connectivity index (χ4v) is 4.01. The van der Waals surface area contributed by atoms with Crippen LogP contribution in [0.1, 0.15) is 42.7 Å². The van der Waals surface area contributed by atoms with Crippen LogP contribution < -0.4 is 9.47 Å². The molecule has 1 aliphatic heterocycles. The molecule has 1 aliphatic rings. The minimum atomic E-state index is -0.907. The van der Waals surface area contributed by atoms with E-state index in [0.717, 1.165) is 18.9 Å². The number of furan rings is 1. The second-order valence-corrected chi connectivity index (χ2v) is 8.13. The van der Waals surface area contributed by atoms with Crippen molar-refractivity contribution in [3.63, 3.8) is 0 Å². The van der Waals surface area contributed by atoms with Crippen LogP contribution in [0.5, 0.6) is 11.5 Å². The summed E-state index contributed by atoms with van der Waals surface area (Å²) < 4.78 is 30.4. The van der Waals surface area contributed by atoms with Gasteiger partial charge < -0.3 is 23.9 Å². The lowest BCUT2D eigenvalue weighted by Crippen LogP contribution is -2.29. The van der Waals surface area contributed by atoms with Crippen molar-refractivity contribution in [2.45, 2.75) is 32.4 Å². The molecule has 2 heterocycles. The van der Waals surface area contributed by atoms with E-state index in [4.69, 9.17) is 13.9 Å². The summed E-state index contributed by atoms with van der Waals surface area (Å²) in [6.07, 6.45) is 3.40. The molecule has 1 saturated heterocycles. The monoisotopic (exact) mass is 479 g/mol. The van der Waals surface area contributed by atoms with Gasteiger partial charge in [0.1, 0.15) is 17.3 Å². The molecular weight excluding hydrogens is 453 g/mol. The zero-order valence-corrected chi connectivity index (χ0v) is 19.5. The van der Waals surface area contributed by atoms with Crippen LogP contribution in [0.4, 0.5) is 4.39 Å². The van der Waals surface area contributed by atoms with Crippen LogP contribution in [-0.4, -0.2) is 35.4 Å². The number of nitrogens with zero attached hydrogens (tertiary/aromatic N) is 1. The summed E-state index contributed by atoms with van der Waals surface area (Å²) in [5.41, 5.74) is 0.517. The van der Waals surface area contributed by atoms with Gasteiger partial charge in [-0.15, -0.1) is 0 Å². The van der Waals surface area contributed by atoms with E-state index in [0.29, 0.717) is 23.7 Å². The predicted octanol–water partition coefficient (Wildman–Crippen LogP) is 5.23. The number of Topliss-reactive ketones (excluding diaryl/α,β-unsaturated/α-hetero) is 1. The van der Waals surface area contributed by atoms with Crippen LogP contribution in [-0.2, 0) is 16.1 Å². The molecule has 8 heteroatoms. The zero-order valence-electron chi connectivity index (χ0n) is 19.5. The largest absolute Gasteiger partial charge is 0.507 e. The second-order valence-electron chi connectivity index (χ2n) is 8.13. The maximum Gasteiger partial charge on any atom is 0.296 e. The van der Waals surface area contributed by atoms with E-state index >= 15 is 0 Å². The van der Waals surface area contributed by atoms with Gasteiger partial charge in [-0.25, -0.2) is 4.39 Å². The molecule has 0 aliphatic carbocycles. The topological polar surface area (TPSA) is 89.2 Å². The number of carbonyl (C=O) groups is 2. The molecular formula is C27H26FNO6. The van der Waals surface area contributed by atoms with Gasteiger partial charge >= 0.3 is 0 Å². The molecule has 2 aromatic carbocycles. The molecule has 7 nitrogen and oxygen atoms in total. The Morgan fingerprint density at radius 3 is 2.54 bits per heavy atom. The minimum absolute atomic E-state index is 0.00460. The van der Waals surface area contributed by atoms with Crippen molar-refractivity contribution in [2.75, 3.05) is 13.7 Å². The summed E-state index contributed by atoms with van der Waals surface area (Å²) >= 11 is 0. The molecule has 0 saturated carbocycles. The molecule has 0 radical (unpaired) electrons. The van der Waals surface area contributed by atoms with E-state index < -0.39 is 29.3 Å². The number of hydrogen-bond donors (Lipinski definition) is 1. The average Bonchev–Trinajstić information content (AvgIpc) is 3.46. The van der Waals surface area contributed by atoms with E-state index in [1.807, 2.05) is 0 Å². The Kier molecular flexibility index (Phi) is 7.19. The molecule has 1 amide bonds. The molecule has 1 atom stereocenters.